The molecule has 9 heteroatoms. The lowest BCUT2D eigenvalue weighted by atomic mass is 9.98. The number of sulfonamides is 1. The summed E-state index contributed by atoms with van der Waals surface area (Å²) in [4.78, 5) is 14.7. The standard InChI is InChI=1S/C19H24N4O4S/c24-19(21-9-11-27-12-10-21)16-5-4-8-22(14-16)28(25,26)18-13-20-23(15-18)17-6-2-1-3-7-17/h1-3,6-7,13,15-16H,4-5,8-12,14H2. The van der Waals surface area contributed by atoms with Gasteiger partial charge in [-0.25, -0.2) is 13.1 Å². The summed E-state index contributed by atoms with van der Waals surface area (Å²) in [5.41, 5.74) is 0.794. The van der Waals surface area contributed by atoms with Gasteiger partial charge in [-0.15, -0.1) is 0 Å². The highest BCUT2D eigenvalue weighted by molar-refractivity contribution is 7.89. The average molecular weight is 404 g/mol. The fourth-order valence-electron chi connectivity index (χ4n) is 3.71. The molecule has 8 nitrogen and oxygen atoms in total. The molecule has 150 valence electrons. The van der Waals surface area contributed by atoms with Crippen LogP contribution in [0.15, 0.2) is 47.6 Å². The maximum Gasteiger partial charge on any atom is 0.246 e. The van der Waals surface area contributed by atoms with Crippen LogP contribution in [0.5, 0.6) is 0 Å². The van der Waals surface area contributed by atoms with Crippen molar-refractivity contribution < 1.29 is 17.9 Å². The molecule has 0 spiro atoms. The van der Waals surface area contributed by atoms with Crippen molar-refractivity contribution in [3.05, 3.63) is 42.7 Å². The van der Waals surface area contributed by atoms with Crippen LogP contribution in [-0.2, 0) is 19.6 Å². The molecule has 4 rings (SSSR count). The molecule has 1 unspecified atom stereocenters. The van der Waals surface area contributed by atoms with Crippen LogP contribution >= 0.6 is 0 Å². The molecule has 2 fully saturated rings. The fraction of sp³-hybridized carbons (Fsp3) is 0.474. The summed E-state index contributed by atoms with van der Waals surface area (Å²) >= 11 is 0. The van der Waals surface area contributed by atoms with E-state index in [-0.39, 0.29) is 23.3 Å². The molecule has 1 amide bonds. The average Bonchev–Trinajstić information content (AvgIpc) is 3.26. The first kappa shape index (κ1) is 19.1. The van der Waals surface area contributed by atoms with E-state index in [4.69, 9.17) is 4.74 Å². The lowest BCUT2D eigenvalue weighted by molar-refractivity contribution is -0.140. The molecule has 2 aliphatic heterocycles. The molecular weight excluding hydrogens is 380 g/mol. The predicted molar refractivity (Wildman–Crippen MR) is 102 cm³/mol. The van der Waals surface area contributed by atoms with Crippen LogP contribution in [0.3, 0.4) is 0 Å². The number of hydrogen-bond acceptors (Lipinski definition) is 5. The number of hydrogen-bond donors (Lipinski definition) is 0. The summed E-state index contributed by atoms with van der Waals surface area (Å²) in [6, 6.07) is 9.36. The Kier molecular flexibility index (Phi) is 5.47. The third kappa shape index (κ3) is 3.82. The largest absolute Gasteiger partial charge is 0.378 e. The van der Waals surface area contributed by atoms with E-state index in [0.717, 1.165) is 5.69 Å². The number of nitrogens with zero attached hydrogens (tertiary/aromatic N) is 4. The van der Waals surface area contributed by atoms with Crippen molar-refractivity contribution in [2.45, 2.75) is 17.7 Å². The van der Waals surface area contributed by atoms with Gasteiger partial charge in [0.1, 0.15) is 4.90 Å². The highest BCUT2D eigenvalue weighted by Crippen LogP contribution is 2.25. The van der Waals surface area contributed by atoms with Gasteiger partial charge < -0.3 is 9.64 Å². The lowest BCUT2D eigenvalue weighted by Gasteiger charge is -2.35. The van der Waals surface area contributed by atoms with Crippen LogP contribution in [0.4, 0.5) is 0 Å². The minimum absolute atomic E-state index is 0.0307. The third-order valence-electron chi connectivity index (χ3n) is 5.27. The Morgan fingerprint density at radius 1 is 1.11 bits per heavy atom. The number of para-hydroxylation sites is 1. The number of amides is 1. The van der Waals surface area contributed by atoms with Crippen molar-refractivity contribution in [3.8, 4) is 5.69 Å². The zero-order valence-corrected chi connectivity index (χ0v) is 16.4. The molecule has 1 aromatic heterocycles. The van der Waals surface area contributed by atoms with E-state index in [1.54, 1.807) is 9.58 Å². The number of rotatable bonds is 4. The SMILES string of the molecule is O=C(C1CCCN(S(=O)(=O)c2cnn(-c3ccccc3)c2)C1)N1CCOCC1. The molecule has 0 aliphatic carbocycles. The summed E-state index contributed by atoms with van der Waals surface area (Å²) in [6.45, 7) is 2.87. The second-order valence-corrected chi connectivity index (χ2v) is 9.03. The lowest BCUT2D eigenvalue weighted by Crippen LogP contribution is -2.49. The summed E-state index contributed by atoms with van der Waals surface area (Å²) in [7, 11) is -3.69. The highest BCUT2D eigenvalue weighted by atomic mass is 32.2. The van der Waals surface area contributed by atoms with Gasteiger partial charge in [-0.1, -0.05) is 18.2 Å². The van der Waals surface area contributed by atoms with Gasteiger partial charge in [-0.05, 0) is 25.0 Å². The van der Waals surface area contributed by atoms with Gasteiger partial charge in [-0.2, -0.15) is 9.40 Å². The molecule has 0 N–H and O–H groups in total. The molecule has 1 atom stereocenters. The zero-order chi connectivity index (χ0) is 19.6. The van der Waals surface area contributed by atoms with Crippen molar-refractivity contribution in [3.63, 3.8) is 0 Å². The van der Waals surface area contributed by atoms with Gasteiger partial charge in [0.05, 0.1) is 37.2 Å². The van der Waals surface area contributed by atoms with Crippen molar-refractivity contribution in [2.24, 2.45) is 5.92 Å². The highest BCUT2D eigenvalue weighted by Gasteiger charge is 2.36. The van der Waals surface area contributed by atoms with Crippen LogP contribution in [-0.4, -0.2) is 72.7 Å². The van der Waals surface area contributed by atoms with Gasteiger partial charge in [0.25, 0.3) is 0 Å². The number of ether oxygens (including phenoxy) is 1. The number of aromatic nitrogens is 2. The van der Waals surface area contributed by atoms with E-state index in [1.165, 1.54) is 16.7 Å². The van der Waals surface area contributed by atoms with Crippen molar-refractivity contribution in [1.29, 1.82) is 0 Å². The van der Waals surface area contributed by atoms with Crippen LogP contribution in [0.2, 0.25) is 0 Å². The van der Waals surface area contributed by atoms with E-state index >= 15 is 0 Å². The van der Waals surface area contributed by atoms with Gasteiger partial charge in [0.15, 0.2) is 0 Å². The monoisotopic (exact) mass is 404 g/mol. The van der Waals surface area contributed by atoms with Crippen LogP contribution in [0.25, 0.3) is 5.69 Å². The Hall–Kier alpha value is -2.23. The van der Waals surface area contributed by atoms with E-state index in [2.05, 4.69) is 5.10 Å². The number of piperidine rings is 1. The second-order valence-electron chi connectivity index (χ2n) is 7.10. The molecule has 2 aromatic rings. The van der Waals surface area contributed by atoms with Crippen molar-refractivity contribution in [2.75, 3.05) is 39.4 Å². The normalized spacial score (nSPS) is 21.6. The van der Waals surface area contributed by atoms with E-state index in [1.807, 2.05) is 30.3 Å². The maximum atomic E-state index is 13.1. The molecule has 0 bridgehead atoms. The fourth-order valence-corrected chi connectivity index (χ4v) is 5.17. The number of benzene rings is 1. The Morgan fingerprint density at radius 3 is 2.61 bits per heavy atom. The van der Waals surface area contributed by atoms with Crippen LogP contribution < -0.4 is 0 Å². The first-order valence-electron chi connectivity index (χ1n) is 9.52. The van der Waals surface area contributed by atoms with Crippen LogP contribution in [0, 0.1) is 5.92 Å². The molecular formula is C19H24N4O4S. The topological polar surface area (TPSA) is 84.7 Å². The predicted octanol–water partition coefficient (Wildman–Crippen LogP) is 1.13. The number of carbonyl (C=O) groups is 1. The smallest absolute Gasteiger partial charge is 0.246 e. The Morgan fingerprint density at radius 2 is 1.86 bits per heavy atom. The van der Waals surface area contributed by atoms with Gasteiger partial charge in [0.2, 0.25) is 15.9 Å². The molecule has 28 heavy (non-hydrogen) atoms. The minimum atomic E-state index is -3.69. The van der Waals surface area contributed by atoms with Gasteiger partial charge in [-0.3, -0.25) is 4.79 Å². The second kappa shape index (κ2) is 8.02. The Bertz CT molecular complexity index is 922. The van der Waals surface area contributed by atoms with E-state index in [9.17, 15) is 13.2 Å². The summed E-state index contributed by atoms with van der Waals surface area (Å²) < 4.78 is 34.5. The number of carbonyl (C=O) groups excluding carboxylic acids is 1. The van der Waals surface area contributed by atoms with Gasteiger partial charge in [0, 0.05) is 26.2 Å². The Balaban J connectivity index is 1.49. The molecule has 2 aliphatic rings. The molecule has 2 saturated heterocycles. The maximum absolute atomic E-state index is 13.1. The molecule has 0 saturated carbocycles. The number of morpholine rings is 1. The summed E-state index contributed by atoms with van der Waals surface area (Å²) in [5, 5.41) is 4.20. The van der Waals surface area contributed by atoms with Crippen molar-refractivity contribution in [1.82, 2.24) is 19.0 Å². The van der Waals surface area contributed by atoms with E-state index < -0.39 is 10.0 Å². The zero-order valence-electron chi connectivity index (χ0n) is 15.6. The molecule has 3 heterocycles. The van der Waals surface area contributed by atoms with E-state index in [0.29, 0.717) is 45.7 Å². The first-order valence-corrected chi connectivity index (χ1v) is 11.0. The van der Waals surface area contributed by atoms with Gasteiger partial charge >= 0.3 is 0 Å². The summed E-state index contributed by atoms with van der Waals surface area (Å²) in [6.07, 6.45) is 4.28. The third-order valence-corrected chi connectivity index (χ3v) is 7.09. The Labute approximate surface area is 164 Å². The summed E-state index contributed by atoms with van der Waals surface area (Å²) in [5.74, 6) is -0.269. The molecule has 0 radical (unpaired) electrons. The van der Waals surface area contributed by atoms with Crippen molar-refractivity contribution >= 4 is 15.9 Å². The quantitative estimate of drug-likeness (QED) is 0.763. The molecule has 1 aromatic carbocycles. The van der Waals surface area contributed by atoms with Crippen LogP contribution in [0.1, 0.15) is 12.8 Å². The minimum Gasteiger partial charge on any atom is -0.378 e. The first-order chi connectivity index (χ1) is 13.6.